The molecule has 1 heterocycles. The maximum Gasteiger partial charge on any atom is 0.303 e. The second-order valence-electron chi connectivity index (χ2n) is 6.45. The summed E-state index contributed by atoms with van der Waals surface area (Å²) < 4.78 is 0. The third-order valence-corrected chi connectivity index (χ3v) is 3.75. The first kappa shape index (κ1) is 13.8. The van der Waals surface area contributed by atoms with Crippen molar-refractivity contribution in [2.45, 2.75) is 51.6 Å². The van der Waals surface area contributed by atoms with E-state index in [2.05, 4.69) is 24.1 Å². The number of hydrogen-bond acceptors (Lipinski definition) is 3. The molecule has 0 spiro atoms. The van der Waals surface area contributed by atoms with Crippen LogP contribution in [0.1, 0.15) is 39.5 Å². The van der Waals surface area contributed by atoms with E-state index in [9.17, 15) is 4.79 Å². The van der Waals surface area contributed by atoms with Crippen LogP contribution in [0.3, 0.4) is 0 Å². The van der Waals surface area contributed by atoms with E-state index >= 15 is 0 Å². The summed E-state index contributed by atoms with van der Waals surface area (Å²) in [5, 5.41) is 12.6. The second kappa shape index (κ2) is 6.02. The monoisotopic (exact) mass is 254 g/mol. The molecule has 104 valence electrons. The maximum absolute atomic E-state index is 10.9. The number of carboxylic acids is 1. The summed E-state index contributed by atoms with van der Waals surface area (Å²) >= 11 is 0. The molecule has 18 heavy (non-hydrogen) atoms. The van der Waals surface area contributed by atoms with E-state index in [1.165, 1.54) is 12.8 Å². The Labute approximate surface area is 110 Å². The molecule has 0 aromatic rings. The summed E-state index contributed by atoms with van der Waals surface area (Å²) in [7, 11) is 0. The highest BCUT2D eigenvalue weighted by Gasteiger charge is 2.32. The van der Waals surface area contributed by atoms with E-state index in [0.29, 0.717) is 30.3 Å². The smallest absolute Gasteiger partial charge is 0.303 e. The fourth-order valence-corrected chi connectivity index (χ4v) is 3.07. The largest absolute Gasteiger partial charge is 0.481 e. The van der Waals surface area contributed by atoms with Gasteiger partial charge in [0, 0.05) is 38.1 Å². The molecule has 0 aromatic carbocycles. The molecule has 2 aliphatic rings. The molecule has 2 atom stereocenters. The number of nitrogens with one attached hydrogen (secondary N) is 1. The average Bonchev–Trinajstić information content (AvgIpc) is 2.98. The van der Waals surface area contributed by atoms with Crippen molar-refractivity contribution in [3.05, 3.63) is 0 Å². The fraction of sp³-hybridized carbons (Fsp3) is 0.929. The van der Waals surface area contributed by atoms with Crippen LogP contribution in [0.25, 0.3) is 0 Å². The quantitative estimate of drug-likeness (QED) is 0.755. The minimum Gasteiger partial charge on any atom is -0.481 e. The zero-order valence-electron chi connectivity index (χ0n) is 11.6. The maximum atomic E-state index is 10.9. The number of nitrogens with zero attached hydrogens (tertiary/aromatic N) is 1. The number of likely N-dealkylation sites (tertiary alicyclic amines) is 1. The Hall–Kier alpha value is -0.610. The van der Waals surface area contributed by atoms with Crippen molar-refractivity contribution < 1.29 is 9.90 Å². The Bertz CT molecular complexity index is 278. The van der Waals surface area contributed by atoms with Gasteiger partial charge in [-0.3, -0.25) is 4.79 Å². The van der Waals surface area contributed by atoms with Crippen LogP contribution in [0.5, 0.6) is 0 Å². The highest BCUT2D eigenvalue weighted by molar-refractivity contribution is 5.67. The standard InChI is InChI=1S/C14H26N2O2/c1-10(2)7-16-8-11(6-14(17)18)5-13(9-16)15-12-3-4-12/h10-13,15H,3-9H2,1-2H3,(H,17,18). The topological polar surface area (TPSA) is 52.6 Å². The number of hydrogen-bond donors (Lipinski definition) is 2. The average molecular weight is 254 g/mol. The van der Waals surface area contributed by atoms with Crippen LogP contribution < -0.4 is 5.32 Å². The molecule has 4 nitrogen and oxygen atoms in total. The summed E-state index contributed by atoms with van der Waals surface area (Å²) in [5.41, 5.74) is 0. The lowest BCUT2D eigenvalue weighted by Gasteiger charge is -2.38. The van der Waals surface area contributed by atoms with Gasteiger partial charge in [-0.2, -0.15) is 0 Å². The van der Waals surface area contributed by atoms with Crippen molar-refractivity contribution in [2.75, 3.05) is 19.6 Å². The van der Waals surface area contributed by atoms with E-state index in [1.54, 1.807) is 0 Å². The van der Waals surface area contributed by atoms with Gasteiger partial charge < -0.3 is 15.3 Å². The fourth-order valence-electron chi connectivity index (χ4n) is 3.07. The van der Waals surface area contributed by atoms with Gasteiger partial charge in [-0.25, -0.2) is 0 Å². The summed E-state index contributed by atoms with van der Waals surface area (Å²) in [6, 6.07) is 1.20. The zero-order chi connectivity index (χ0) is 13.1. The van der Waals surface area contributed by atoms with Gasteiger partial charge in [0.1, 0.15) is 0 Å². The van der Waals surface area contributed by atoms with E-state index in [0.717, 1.165) is 26.1 Å². The number of carboxylic acid groups (broad SMARTS) is 1. The summed E-state index contributed by atoms with van der Waals surface area (Å²) in [5.74, 6) is 0.304. The van der Waals surface area contributed by atoms with E-state index in [-0.39, 0.29) is 0 Å². The van der Waals surface area contributed by atoms with Crippen LogP contribution in [-0.2, 0) is 4.79 Å². The molecule has 2 unspecified atom stereocenters. The SMILES string of the molecule is CC(C)CN1CC(CC(=O)O)CC(NC2CC2)C1. The molecule has 0 amide bonds. The molecule has 2 N–H and O–H groups in total. The lowest BCUT2D eigenvalue weighted by atomic mass is 9.91. The highest BCUT2D eigenvalue weighted by Crippen LogP contribution is 2.25. The number of piperidine rings is 1. The van der Waals surface area contributed by atoms with E-state index in [1.807, 2.05) is 0 Å². The number of rotatable bonds is 6. The number of carbonyl (C=O) groups is 1. The Morgan fingerprint density at radius 2 is 2.06 bits per heavy atom. The molecule has 2 rings (SSSR count). The van der Waals surface area contributed by atoms with Gasteiger partial charge in [0.05, 0.1) is 0 Å². The van der Waals surface area contributed by atoms with Gasteiger partial charge in [0.25, 0.3) is 0 Å². The van der Waals surface area contributed by atoms with Crippen molar-refractivity contribution in [3.63, 3.8) is 0 Å². The Morgan fingerprint density at radius 1 is 1.33 bits per heavy atom. The molecular formula is C14H26N2O2. The molecule has 1 saturated heterocycles. The van der Waals surface area contributed by atoms with Crippen molar-refractivity contribution in [1.29, 1.82) is 0 Å². The molecule has 0 radical (unpaired) electrons. The van der Waals surface area contributed by atoms with Gasteiger partial charge in [0.2, 0.25) is 0 Å². The Kier molecular flexibility index (Phi) is 4.62. The van der Waals surface area contributed by atoms with Gasteiger partial charge in [0.15, 0.2) is 0 Å². The van der Waals surface area contributed by atoms with Crippen molar-refractivity contribution in [2.24, 2.45) is 11.8 Å². The van der Waals surface area contributed by atoms with Gasteiger partial charge >= 0.3 is 5.97 Å². The second-order valence-corrected chi connectivity index (χ2v) is 6.45. The van der Waals surface area contributed by atoms with Crippen LogP contribution >= 0.6 is 0 Å². The lowest BCUT2D eigenvalue weighted by Crippen LogP contribution is -2.51. The van der Waals surface area contributed by atoms with Crippen molar-refractivity contribution in [1.82, 2.24) is 10.2 Å². The Morgan fingerprint density at radius 3 is 2.61 bits per heavy atom. The van der Waals surface area contributed by atoms with Crippen LogP contribution in [0, 0.1) is 11.8 Å². The van der Waals surface area contributed by atoms with Crippen molar-refractivity contribution in [3.8, 4) is 0 Å². The third-order valence-electron chi connectivity index (χ3n) is 3.75. The van der Waals surface area contributed by atoms with Gasteiger partial charge in [-0.05, 0) is 31.1 Å². The van der Waals surface area contributed by atoms with Crippen LogP contribution in [0.15, 0.2) is 0 Å². The highest BCUT2D eigenvalue weighted by atomic mass is 16.4. The predicted octanol–water partition coefficient (Wildman–Crippen LogP) is 1.56. The van der Waals surface area contributed by atoms with Crippen LogP contribution in [-0.4, -0.2) is 47.7 Å². The van der Waals surface area contributed by atoms with Crippen LogP contribution in [0.2, 0.25) is 0 Å². The molecule has 0 aromatic heterocycles. The lowest BCUT2D eigenvalue weighted by molar-refractivity contribution is -0.138. The first-order valence-electron chi connectivity index (χ1n) is 7.23. The minimum absolute atomic E-state index is 0.311. The molecule has 4 heteroatoms. The summed E-state index contributed by atoms with van der Waals surface area (Å²) in [6.45, 7) is 7.57. The molecule has 0 bridgehead atoms. The van der Waals surface area contributed by atoms with E-state index < -0.39 is 5.97 Å². The van der Waals surface area contributed by atoms with Gasteiger partial charge in [-0.1, -0.05) is 13.8 Å². The molecule has 1 saturated carbocycles. The first-order valence-corrected chi connectivity index (χ1v) is 7.23. The molecule has 1 aliphatic heterocycles. The summed E-state index contributed by atoms with van der Waals surface area (Å²) in [4.78, 5) is 13.3. The number of aliphatic carboxylic acids is 1. The van der Waals surface area contributed by atoms with E-state index in [4.69, 9.17) is 5.11 Å². The zero-order valence-corrected chi connectivity index (χ0v) is 11.6. The molecule has 1 aliphatic carbocycles. The minimum atomic E-state index is -0.656. The first-order chi connectivity index (χ1) is 8.52. The molecular weight excluding hydrogens is 228 g/mol. The normalized spacial score (nSPS) is 29.7. The predicted molar refractivity (Wildman–Crippen MR) is 71.6 cm³/mol. The van der Waals surface area contributed by atoms with Crippen LogP contribution in [0.4, 0.5) is 0 Å². The van der Waals surface area contributed by atoms with Crippen molar-refractivity contribution >= 4 is 5.97 Å². The molecule has 2 fully saturated rings. The third kappa shape index (κ3) is 4.58. The Balaban J connectivity index is 1.88. The van der Waals surface area contributed by atoms with Gasteiger partial charge in [-0.15, -0.1) is 0 Å². The summed E-state index contributed by atoms with van der Waals surface area (Å²) in [6.07, 6.45) is 3.93.